The fourth-order valence-electron chi connectivity index (χ4n) is 9.61. The second-order valence-electron chi connectivity index (χ2n) is 17.7. The molecule has 0 spiro atoms. The Morgan fingerprint density at radius 3 is 2.43 bits per heavy atom. The van der Waals surface area contributed by atoms with Crippen LogP contribution in [0.5, 0.6) is 11.5 Å². The number of nitrogens with one attached hydrogen (secondary N) is 2. The van der Waals surface area contributed by atoms with Crippen molar-refractivity contribution in [1.82, 2.24) is 34.6 Å². The van der Waals surface area contributed by atoms with Crippen molar-refractivity contribution >= 4 is 29.9 Å². The average Bonchev–Trinajstić information content (AvgIpc) is 3.92. The molecule has 3 saturated heterocycles. The van der Waals surface area contributed by atoms with Crippen molar-refractivity contribution in [1.29, 1.82) is 0 Å². The first-order chi connectivity index (χ1) is 29.1. The van der Waals surface area contributed by atoms with Gasteiger partial charge in [-0.15, -0.1) is 10.2 Å². The highest BCUT2D eigenvalue weighted by Gasteiger charge is 2.36. The third-order valence-corrected chi connectivity index (χ3v) is 12.7. The molecule has 2 amide bonds. The predicted octanol–water partition coefficient (Wildman–Crippen LogP) is 8.46. The van der Waals surface area contributed by atoms with Crippen LogP contribution >= 0.6 is 0 Å². The zero-order valence-electron chi connectivity index (χ0n) is 35.3. The Kier molecular flexibility index (Phi) is 12.3. The molecule has 14 nitrogen and oxygen atoms in total. The Hall–Kier alpha value is -5.63. The number of carbonyl (C=O) groups is 2. The number of nitrogens with zero attached hydrogens (tertiary/aromatic N) is 7. The number of piperidine rings is 2. The van der Waals surface area contributed by atoms with Crippen molar-refractivity contribution in [3.63, 3.8) is 0 Å². The number of aromatic nitrogens is 5. The Bertz CT molecular complexity index is 2250. The number of benzene rings is 2. The van der Waals surface area contributed by atoms with Crippen molar-refractivity contribution in [2.24, 2.45) is 0 Å². The van der Waals surface area contributed by atoms with Gasteiger partial charge in [-0.1, -0.05) is 57.5 Å². The molecule has 60 heavy (non-hydrogen) atoms. The van der Waals surface area contributed by atoms with Crippen LogP contribution < -0.4 is 25.0 Å². The summed E-state index contributed by atoms with van der Waals surface area (Å²) in [5.74, 6) is 3.04. The van der Waals surface area contributed by atoms with Crippen LogP contribution in [0.25, 0.3) is 11.3 Å². The van der Waals surface area contributed by atoms with Crippen LogP contribution in [-0.4, -0.2) is 84.7 Å². The first-order valence-corrected chi connectivity index (χ1v) is 21.7. The van der Waals surface area contributed by atoms with Crippen LogP contribution in [-0.2, 0) is 10.2 Å². The number of ether oxygens (including phenoxy) is 2. The van der Waals surface area contributed by atoms with Crippen molar-refractivity contribution in [2.45, 2.75) is 128 Å². The predicted molar refractivity (Wildman–Crippen MR) is 231 cm³/mol. The summed E-state index contributed by atoms with van der Waals surface area (Å²) in [5.41, 5.74) is 4.44. The van der Waals surface area contributed by atoms with E-state index in [2.05, 4.69) is 74.9 Å². The second-order valence-corrected chi connectivity index (χ2v) is 17.7. The molecule has 6 heterocycles. The van der Waals surface area contributed by atoms with Crippen LogP contribution in [0.4, 0.5) is 16.6 Å². The van der Waals surface area contributed by atoms with E-state index in [9.17, 15) is 4.79 Å². The Labute approximate surface area is 352 Å². The summed E-state index contributed by atoms with van der Waals surface area (Å²) < 4.78 is 16.9. The zero-order valence-corrected chi connectivity index (χ0v) is 35.3. The van der Waals surface area contributed by atoms with E-state index < -0.39 is 0 Å². The maximum absolute atomic E-state index is 13.9. The SMILES string of the molecule is CC1CCCCN1c1nnc2ccc(O[C@@H]3CC[C@H](NC(=O)Nc4cc(C(C)(C)C)nn4-c4cccc(OCCN5C6CCCC5CC6)c4)c4ccccc43)cn12.O=CO. The van der Waals surface area contributed by atoms with Crippen LogP contribution in [0.15, 0.2) is 72.9 Å². The number of urea groups is 1. The molecule has 3 fully saturated rings. The molecule has 0 saturated carbocycles. The van der Waals surface area contributed by atoms with Crippen molar-refractivity contribution in [3.05, 3.63) is 89.7 Å². The molecule has 3 aromatic heterocycles. The van der Waals surface area contributed by atoms with Gasteiger partial charge < -0.3 is 24.8 Å². The van der Waals surface area contributed by atoms with E-state index in [1.807, 2.05) is 65.5 Å². The monoisotopic (exact) mass is 817 g/mol. The zero-order chi connectivity index (χ0) is 41.8. The van der Waals surface area contributed by atoms with E-state index in [0.29, 0.717) is 18.5 Å². The largest absolute Gasteiger partial charge is 0.492 e. The molecule has 3 aliphatic heterocycles. The van der Waals surface area contributed by atoms with E-state index in [1.165, 1.54) is 38.5 Å². The van der Waals surface area contributed by atoms with Gasteiger partial charge in [0.15, 0.2) is 5.65 Å². The highest BCUT2D eigenvalue weighted by Crippen LogP contribution is 2.40. The maximum atomic E-state index is 13.9. The standard InChI is InChI=1S/C45H57N9O3.CH2O2/c1-30-11-7-8-24-51(30)44-49-48-41-23-20-35(29-53(41)44)57-39-22-21-38(36-16-5-6-17-37(36)39)46-43(55)47-42-28-40(45(2,3)4)50-54(42)33-14-10-15-34(27-33)56-26-25-52-31-12-9-13-32(52)19-18-31;2-1-3/h5-6,10,14-17,20,23,27-32,38-39H,7-9,11-13,18-19,21-22,24-26H2,1-4H3,(H2,46,47,55);1H,(H,2,3)/t30?,31?,32?,38-,39+;/m0./s1. The second kappa shape index (κ2) is 17.9. The molecule has 1 aliphatic carbocycles. The minimum Gasteiger partial charge on any atom is -0.492 e. The molecule has 5 aromatic rings. The van der Waals surface area contributed by atoms with Crippen LogP contribution in [0.2, 0.25) is 0 Å². The Morgan fingerprint density at radius 2 is 1.67 bits per heavy atom. The summed E-state index contributed by atoms with van der Waals surface area (Å²) in [6.07, 6.45) is 13.5. The molecule has 9 rings (SSSR count). The van der Waals surface area contributed by atoms with Gasteiger partial charge in [0.2, 0.25) is 5.95 Å². The van der Waals surface area contributed by atoms with Crippen LogP contribution in [0.1, 0.15) is 121 Å². The molecule has 5 atom stereocenters. The summed E-state index contributed by atoms with van der Waals surface area (Å²) in [5, 5.41) is 27.3. The number of anilines is 2. The van der Waals surface area contributed by atoms with Crippen molar-refractivity contribution in [3.8, 4) is 17.2 Å². The van der Waals surface area contributed by atoms with Gasteiger partial charge in [-0.05, 0) is 100 Å². The number of pyridine rings is 1. The van der Waals surface area contributed by atoms with Gasteiger partial charge in [-0.25, -0.2) is 9.48 Å². The number of amides is 2. The molecule has 3 N–H and O–H groups in total. The number of hydrogen-bond donors (Lipinski definition) is 3. The van der Waals surface area contributed by atoms with Crippen LogP contribution in [0, 0.1) is 0 Å². The lowest BCUT2D eigenvalue weighted by atomic mass is 9.85. The van der Waals surface area contributed by atoms with Crippen LogP contribution in [0.3, 0.4) is 0 Å². The maximum Gasteiger partial charge on any atom is 0.320 e. The number of hydrogen-bond acceptors (Lipinski definition) is 9. The smallest absolute Gasteiger partial charge is 0.320 e. The first-order valence-electron chi connectivity index (χ1n) is 21.7. The van der Waals surface area contributed by atoms with Gasteiger partial charge in [0.1, 0.15) is 30.0 Å². The van der Waals surface area contributed by atoms with Gasteiger partial charge in [0, 0.05) is 48.8 Å². The highest BCUT2D eigenvalue weighted by atomic mass is 16.5. The number of fused-ring (bicyclic) bond motifs is 4. The number of rotatable bonds is 10. The molecular weight excluding hydrogens is 759 g/mol. The number of carbonyl (C=O) groups excluding carboxylic acids is 1. The molecule has 4 aliphatic rings. The lowest BCUT2D eigenvalue weighted by molar-refractivity contribution is -0.122. The Balaban J connectivity index is 0.00000162. The molecule has 3 unspecified atom stereocenters. The molecule has 0 radical (unpaired) electrons. The molecular formula is C46H59N9O5. The third-order valence-electron chi connectivity index (χ3n) is 12.7. The highest BCUT2D eigenvalue weighted by molar-refractivity contribution is 5.89. The third kappa shape index (κ3) is 8.93. The van der Waals surface area contributed by atoms with Gasteiger partial charge in [0.25, 0.3) is 6.47 Å². The first kappa shape index (κ1) is 41.1. The minimum atomic E-state index is -0.281. The van der Waals surface area contributed by atoms with E-state index in [1.54, 1.807) is 0 Å². The molecule has 318 valence electrons. The number of carboxylic acid groups (broad SMARTS) is 1. The van der Waals surface area contributed by atoms with E-state index in [0.717, 1.165) is 96.5 Å². The fraction of sp³-hybridized carbons (Fsp3) is 0.500. The van der Waals surface area contributed by atoms with Gasteiger partial charge in [-0.2, -0.15) is 5.10 Å². The van der Waals surface area contributed by atoms with E-state index in [-0.39, 0.29) is 30.1 Å². The molecule has 14 heteroatoms. The molecule has 2 aromatic carbocycles. The lowest BCUT2D eigenvalue weighted by Gasteiger charge is -2.34. The Morgan fingerprint density at radius 1 is 0.883 bits per heavy atom. The van der Waals surface area contributed by atoms with Crippen molar-refractivity contribution in [2.75, 3.05) is 29.9 Å². The fourth-order valence-corrected chi connectivity index (χ4v) is 9.61. The van der Waals surface area contributed by atoms with E-state index in [4.69, 9.17) is 24.5 Å². The topological polar surface area (TPSA) is 151 Å². The van der Waals surface area contributed by atoms with E-state index >= 15 is 0 Å². The normalized spacial score (nSPS) is 22.7. The summed E-state index contributed by atoms with van der Waals surface area (Å²) in [4.78, 5) is 27.2. The molecule has 2 bridgehead atoms. The summed E-state index contributed by atoms with van der Waals surface area (Å²) in [6, 6.07) is 23.6. The minimum absolute atomic E-state index is 0.158. The quantitative estimate of drug-likeness (QED) is 0.117. The van der Waals surface area contributed by atoms with Gasteiger partial charge in [0.05, 0.1) is 23.6 Å². The average molecular weight is 818 g/mol. The summed E-state index contributed by atoms with van der Waals surface area (Å²) in [7, 11) is 0. The van der Waals surface area contributed by atoms with Crippen molar-refractivity contribution < 1.29 is 24.2 Å². The summed E-state index contributed by atoms with van der Waals surface area (Å²) in [6.45, 7) is 11.0. The lowest BCUT2D eigenvalue weighted by Crippen LogP contribution is -2.41. The van der Waals surface area contributed by atoms with Gasteiger partial charge in [-0.3, -0.25) is 19.4 Å². The summed E-state index contributed by atoms with van der Waals surface area (Å²) >= 11 is 0. The van der Waals surface area contributed by atoms with Gasteiger partial charge >= 0.3 is 6.03 Å².